The Morgan fingerprint density at radius 2 is 2.04 bits per heavy atom. The van der Waals surface area contributed by atoms with E-state index in [0.717, 1.165) is 65.0 Å². The number of methoxy groups -OCH3 is 1. The monoisotopic (exact) mass is 419 g/mol. The zero-order chi connectivity index (χ0) is 20.2. The molecular formula is C18H37N5O4S. The fraction of sp³-hybridized carbons (Fsp3) is 0.944. The average Bonchev–Trinajstić information content (AvgIpc) is 2.71. The van der Waals surface area contributed by atoms with Crippen LogP contribution in [0.5, 0.6) is 0 Å². The molecule has 0 aromatic rings. The highest BCUT2D eigenvalue weighted by Gasteiger charge is 2.20. The number of guanidine groups is 1. The predicted octanol–water partition coefficient (Wildman–Crippen LogP) is -0.249. The van der Waals surface area contributed by atoms with Crippen LogP contribution in [-0.2, 0) is 19.5 Å². The average molecular weight is 420 g/mol. The second-order valence-electron chi connectivity index (χ2n) is 7.41. The Balaban J connectivity index is 1.62. The normalized spacial score (nSPS) is 22.9. The van der Waals surface area contributed by atoms with Crippen LogP contribution >= 0.6 is 0 Å². The third kappa shape index (κ3) is 9.04. The van der Waals surface area contributed by atoms with E-state index in [0.29, 0.717) is 25.1 Å². The van der Waals surface area contributed by atoms with Gasteiger partial charge in [0, 0.05) is 59.5 Å². The van der Waals surface area contributed by atoms with Crippen LogP contribution in [0, 0.1) is 0 Å². The SMILES string of the molecule is CN=C(NCCS(=O)(=O)NCC1CCCCO1)NC1CCN(CCOC)CC1. The Kier molecular flexibility index (Phi) is 10.5. The molecule has 0 spiro atoms. The van der Waals surface area contributed by atoms with Gasteiger partial charge in [0.15, 0.2) is 5.96 Å². The van der Waals surface area contributed by atoms with Crippen LogP contribution in [0.1, 0.15) is 32.1 Å². The van der Waals surface area contributed by atoms with Gasteiger partial charge in [-0.2, -0.15) is 0 Å². The topological polar surface area (TPSA) is 104 Å². The second kappa shape index (κ2) is 12.6. The van der Waals surface area contributed by atoms with Crippen molar-refractivity contribution >= 4 is 16.0 Å². The van der Waals surface area contributed by atoms with Gasteiger partial charge >= 0.3 is 0 Å². The summed E-state index contributed by atoms with van der Waals surface area (Å²) in [5, 5.41) is 6.51. The number of ether oxygens (including phenoxy) is 2. The van der Waals surface area contributed by atoms with E-state index in [1.807, 2.05) is 0 Å². The minimum Gasteiger partial charge on any atom is -0.383 e. The number of nitrogens with one attached hydrogen (secondary N) is 3. The maximum atomic E-state index is 12.2. The van der Waals surface area contributed by atoms with E-state index in [9.17, 15) is 8.42 Å². The third-order valence-electron chi connectivity index (χ3n) is 5.23. The summed E-state index contributed by atoms with van der Waals surface area (Å²) in [5.74, 6) is 0.664. The van der Waals surface area contributed by atoms with E-state index >= 15 is 0 Å². The molecule has 2 heterocycles. The number of piperidine rings is 1. The fourth-order valence-corrected chi connectivity index (χ4v) is 4.43. The van der Waals surface area contributed by atoms with Crippen LogP contribution in [-0.4, -0.2) is 97.3 Å². The van der Waals surface area contributed by atoms with Gasteiger partial charge in [-0.1, -0.05) is 0 Å². The molecule has 10 heteroatoms. The number of aliphatic imine (C=N–C) groups is 1. The van der Waals surface area contributed by atoms with Gasteiger partial charge in [0.05, 0.1) is 18.5 Å². The number of rotatable bonds is 10. The summed E-state index contributed by atoms with van der Waals surface area (Å²) in [7, 11) is 0.102. The summed E-state index contributed by atoms with van der Waals surface area (Å²) in [6.45, 7) is 5.17. The molecule has 3 N–H and O–H groups in total. The summed E-state index contributed by atoms with van der Waals surface area (Å²) in [4.78, 5) is 6.61. The molecule has 1 atom stereocenters. The smallest absolute Gasteiger partial charge is 0.213 e. The van der Waals surface area contributed by atoms with Crippen LogP contribution in [0.15, 0.2) is 4.99 Å². The lowest BCUT2D eigenvalue weighted by molar-refractivity contribution is 0.0200. The van der Waals surface area contributed by atoms with Crippen molar-refractivity contribution < 1.29 is 17.9 Å². The van der Waals surface area contributed by atoms with Crippen molar-refractivity contribution in [3.05, 3.63) is 0 Å². The molecular weight excluding hydrogens is 382 g/mol. The molecule has 1 unspecified atom stereocenters. The summed E-state index contributed by atoms with van der Waals surface area (Å²) in [6.07, 6.45) is 5.15. The number of nitrogens with zero attached hydrogens (tertiary/aromatic N) is 2. The minimum atomic E-state index is -3.33. The van der Waals surface area contributed by atoms with Crippen molar-refractivity contribution in [2.75, 3.05) is 65.8 Å². The number of sulfonamides is 1. The van der Waals surface area contributed by atoms with Crippen molar-refractivity contribution in [2.45, 2.75) is 44.2 Å². The molecule has 2 aliphatic rings. The Hall–Kier alpha value is -0.940. The molecule has 0 aromatic heterocycles. The molecule has 0 aromatic carbocycles. The summed E-state index contributed by atoms with van der Waals surface area (Å²) in [5.41, 5.74) is 0. The maximum absolute atomic E-state index is 12.2. The van der Waals surface area contributed by atoms with Crippen molar-refractivity contribution in [2.24, 2.45) is 4.99 Å². The van der Waals surface area contributed by atoms with E-state index in [1.165, 1.54) is 0 Å². The van der Waals surface area contributed by atoms with Crippen LogP contribution in [0.2, 0.25) is 0 Å². The lowest BCUT2D eigenvalue weighted by atomic mass is 10.1. The van der Waals surface area contributed by atoms with Crippen molar-refractivity contribution in [3.8, 4) is 0 Å². The van der Waals surface area contributed by atoms with Crippen LogP contribution in [0.4, 0.5) is 0 Å². The van der Waals surface area contributed by atoms with Crippen LogP contribution in [0.3, 0.4) is 0 Å². The van der Waals surface area contributed by atoms with Crippen molar-refractivity contribution in [3.63, 3.8) is 0 Å². The van der Waals surface area contributed by atoms with Crippen molar-refractivity contribution in [1.82, 2.24) is 20.3 Å². The molecule has 2 rings (SSSR count). The standard InChI is InChI=1S/C18H37N5O4S/c1-19-18(22-16-6-9-23(10-7-16)11-13-26-2)20-8-14-28(24,25)21-15-17-5-3-4-12-27-17/h16-17,21H,3-15H2,1-2H3,(H2,19,20,22). The Morgan fingerprint density at radius 1 is 1.25 bits per heavy atom. The van der Waals surface area contributed by atoms with Gasteiger partial charge in [0.2, 0.25) is 10.0 Å². The molecule has 0 amide bonds. The van der Waals surface area contributed by atoms with E-state index < -0.39 is 10.0 Å². The van der Waals surface area contributed by atoms with Crippen LogP contribution in [0.25, 0.3) is 0 Å². The van der Waals surface area contributed by atoms with Gasteiger partial charge in [0.25, 0.3) is 0 Å². The van der Waals surface area contributed by atoms with Gasteiger partial charge < -0.3 is 25.0 Å². The van der Waals surface area contributed by atoms with Gasteiger partial charge in [0.1, 0.15) is 0 Å². The molecule has 2 aliphatic heterocycles. The third-order valence-corrected chi connectivity index (χ3v) is 6.58. The summed E-state index contributed by atoms with van der Waals surface area (Å²) in [6, 6.07) is 0.350. The lowest BCUT2D eigenvalue weighted by Crippen LogP contribution is -2.50. The second-order valence-corrected chi connectivity index (χ2v) is 9.33. The first-order chi connectivity index (χ1) is 13.5. The first-order valence-electron chi connectivity index (χ1n) is 10.3. The molecule has 28 heavy (non-hydrogen) atoms. The van der Waals surface area contributed by atoms with Gasteiger partial charge in [-0.3, -0.25) is 4.99 Å². The molecule has 2 saturated heterocycles. The molecule has 9 nitrogen and oxygen atoms in total. The Labute approximate surface area is 169 Å². The van der Waals surface area contributed by atoms with Crippen molar-refractivity contribution in [1.29, 1.82) is 0 Å². The van der Waals surface area contributed by atoms with Gasteiger partial charge in [-0.05, 0) is 32.1 Å². The van der Waals surface area contributed by atoms with Crippen LogP contribution < -0.4 is 15.4 Å². The number of likely N-dealkylation sites (tertiary alicyclic amines) is 1. The minimum absolute atomic E-state index is 0.000622. The molecule has 164 valence electrons. The molecule has 0 saturated carbocycles. The molecule has 0 bridgehead atoms. The molecule has 0 aliphatic carbocycles. The van der Waals surface area contributed by atoms with Gasteiger partial charge in [-0.25, -0.2) is 13.1 Å². The Bertz CT molecular complexity index is 558. The summed E-state index contributed by atoms with van der Waals surface area (Å²) < 4.78 is 37.7. The highest BCUT2D eigenvalue weighted by Crippen LogP contribution is 2.12. The number of hydrogen-bond donors (Lipinski definition) is 3. The first kappa shape index (κ1) is 23.3. The highest BCUT2D eigenvalue weighted by molar-refractivity contribution is 7.89. The first-order valence-corrected chi connectivity index (χ1v) is 11.9. The largest absolute Gasteiger partial charge is 0.383 e. The lowest BCUT2D eigenvalue weighted by Gasteiger charge is -2.32. The zero-order valence-corrected chi connectivity index (χ0v) is 18.1. The predicted molar refractivity (Wildman–Crippen MR) is 111 cm³/mol. The number of hydrogen-bond acceptors (Lipinski definition) is 6. The highest BCUT2D eigenvalue weighted by atomic mass is 32.2. The van der Waals surface area contributed by atoms with E-state index in [1.54, 1.807) is 14.2 Å². The van der Waals surface area contributed by atoms with E-state index in [4.69, 9.17) is 9.47 Å². The Morgan fingerprint density at radius 3 is 2.68 bits per heavy atom. The maximum Gasteiger partial charge on any atom is 0.213 e. The quantitative estimate of drug-likeness (QED) is 0.331. The molecule has 2 fully saturated rings. The van der Waals surface area contributed by atoms with Gasteiger partial charge in [-0.15, -0.1) is 0 Å². The van der Waals surface area contributed by atoms with E-state index in [2.05, 4.69) is 25.2 Å². The summed E-state index contributed by atoms with van der Waals surface area (Å²) >= 11 is 0. The molecule has 0 radical (unpaired) electrons. The zero-order valence-electron chi connectivity index (χ0n) is 17.3. The van der Waals surface area contributed by atoms with E-state index in [-0.39, 0.29) is 11.9 Å². The fourth-order valence-electron chi connectivity index (χ4n) is 3.47.